The lowest BCUT2D eigenvalue weighted by atomic mass is 10.1. The van der Waals surface area contributed by atoms with E-state index in [0.29, 0.717) is 5.82 Å². The van der Waals surface area contributed by atoms with Crippen LogP contribution in [0.2, 0.25) is 5.28 Å². The van der Waals surface area contributed by atoms with Gasteiger partial charge >= 0.3 is 0 Å². The standard InChI is InChI=1S/C15H18ClN3O/c1-10(2)19-13(9-14(20)18-15(19)16)17-11(3)12-7-5-4-6-8-12/h4-11,17H,1-3H3/t11-/m0/s1. The normalized spacial score (nSPS) is 12.4. The summed E-state index contributed by atoms with van der Waals surface area (Å²) in [5.74, 6) is 0.682. The Morgan fingerprint density at radius 2 is 1.85 bits per heavy atom. The molecule has 4 nitrogen and oxygen atoms in total. The first-order chi connectivity index (χ1) is 9.49. The number of aromatic nitrogens is 2. The van der Waals surface area contributed by atoms with Crippen LogP contribution in [-0.4, -0.2) is 9.55 Å². The Labute approximate surface area is 123 Å². The Morgan fingerprint density at radius 3 is 2.45 bits per heavy atom. The summed E-state index contributed by atoms with van der Waals surface area (Å²) in [7, 11) is 0. The number of hydrogen-bond acceptors (Lipinski definition) is 3. The van der Waals surface area contributed by atoms with Crippen molar-refractivity contribution >= 4 is 17.4 Å². The smallest absolute Gasteiger partial charge is 0.276 e. The van der Waals surface area contributed by atoms with Crippen LogP contribution in [0.15, 0.2) is 41.2 Å². The van der Waals surface area contributed by atoms with Gasteiger partial charge in [0.25, 0.3) is 5.56 Å². The highest BCUT2D eigenvalue weighted by molar-refractivity contribution is 6.28. The van der Waals surface area contributed by atoms with Gasteiger partial charge in [-0.1, -0.05) is 30.3 Å². The number of nitrogens with one attached hydrogen (secondary N) is 1. The van der Waals surface area contributed by atoms with Crippen LogP contribution in [0.25, 0.3) is 0 Å². The summed E-state index contributed by atoms with van der Waals surface area (Å²) in [4.78, 5) is 15.3. The van der Waals surface area contributed by atoms with Crippen LogP contribution in [-0.2, 0) is 0 Å². The Morgan fingerprint density at radius 1 is 1.20 bits per heavy atom. The largest absolute Gasteiger partial charge is 0.365 e. The van der Waals surface area contributed by atoms with Gasteiger partial charge in [0, 0.05) is 18.2 Å². The Hall–Kier alpha value is -1.81. The highest BCUT2D eigenvalue weighted by atomic mass is 35.5. The summed E-state index contributed by atoms with van der Waals surface area (Å²) < 4.78 is 1.81. The first-order valence-electron chi connectivity index (χ1n) is 6.59. The molecule has 1 heterocycles. The molecule has 5 heteroatoms. The third-order valence-corrected chi connectivity index (χ3v) is 3.37. The molecule has 0 amide bonds. The molecule has 1 aromatic heterocycles. The van der Waals surface area contributed by atoms with Crippen molar-refractivity contribution < 1.29 is 0 Å². The zero-order valence-corrected chi connectivity index (χ0v) is 12.6. The van der Waals surface area contributed by atoms with E-state index in [-0.39, 0.29) is 22.9 Å². The van der Waals surface area contributed by atoms with E-state index in [1.165, 1.54) is 6.07 Å². The van der Waals surface area contributed by atoms with E-state index in [0.717, 1.165) is 5.56 Å². The van der Waals surface area contributed by atoms with E-state index in [2.05, 4.69) is 10.3 Å². The minimum atomic E-state index is -0.338. The van der Waals surface area contributed by atoms with Crippen LogP contribution in [0.5, 0.6) is 0 Å². The number of halogens is 1. The SMILES string of the molecule is CC(C)n1c(N[C@@H](C)c2ccccc2)cc(=O)nc1Cl. The van der Waals surface area contributed by atoms with Gasteiger partial charge in [0.15, 0.2) is 0 Å². The van der Waals surface area contributed by atoms with Crippen LogP contribution in [0.3, 0.4) is 0 Å². The van der Waals surface area contributed by atoms with Crippen molar-refractivity contribution in [2.24, 2.45) is 0 Å². The predicted octanol–water partition coefficient (Wildman–Crippen LogP) is 3.65. The van der Waals surface area contributed by atoms with Crippen LogP contribution in [0.1, 0.15) is 38.4 Å². The van der Waals surface area contributed by atoms with Crippen molar-refractivity contribution in [2.75, 3.05) is 5.32 Å². The van der Waals surface area contributed by atoms with Crippen molar-refractivity contribution in [2.45, 2.75) is 32.9 Å². The zero-order chi connectivity index (χ0) is 14.7. The fourth-order valence-corrected chi connectivity index (χ4v) is 2.48. The van der Waals surface area contributed by atoms with Crippen LogP contribution in [0, 0.1) is 0 Å². The van der Waals surface area contributed by atoms with Crippen molar-refractivity contribution in [3.8, 4) is 0 Å². The van der Waals surface area contributed by atoms with E-state index in [1.54, 1.807) is 0 Å². The molecule has 2 rings (SSSR count). The first-order valence-corrected chi connectivity index (χ1v) is 6.97. The summed E-state index contributed by atoms with van der Waals surface area (Å²) in [5.41, 5.74) is 0.804. The summed E-state index contributed by atoms with van der Waals surface area (Å²) in [6.45, 7) is 6.03. The zero-order valence-electron chi connectivity index (χ0n) is 11.8. The Kier molecular flexibility index (Phi) is 4.45. The van der Waals surface area contributed by atoms with Crippen molar-refractivity contribution in [1.29, 1.82) is 0 Å². The maximum absolute atomic E-state index is 11.6. The fourth-order valence-electron chi connectivity index (χ4n) is 2.11. The van der Waals surface area contributed by atoms with E-state index < -0.39 is 0 Å². The molecule has 0 fully saturated rings. The molecule has 0 saturated heterocycles. The molecule has 0 aliphatic carbocycles. The number of anilines is 1. The average Bonchev–Trinajstić information content (AvgIpc) is 2.38. The number of rotatable bonds is 4. The maximum atomic E-state index is 11.6. The fraction of sp³-hybridized carbons (Fsp3) is 0.333. The van der Waals surface area contributed by atoms with Gasteiger partial charge in [-0.15, -0.1) is 0 Å². The van der Waals surface area contributed by atoms with E-state index in [9.17, 15) is 4.79 Å². The molecule has 0 bridgehead atoms. The maximum Gasteiger partial charge on any atom is 0.276 e. The predicted molar refractivity (Wildman–Crippen MR) is 82.4 cm³/mol. The molecule has 0 saturated carbocycles. The minimum Gasteiger partial charge on any atom is -0.365 e. The molecule has 0 radical (unpaired) electrons. The summed E-state index contributed by atoms with van der Waals surface area (Å²) in [6.07, 6.45) is 0. The van der Waals surface area contributed by atoms with Gasteiger partial charge in [-0.3, -0.25) is 4.79 Å². The van der Waals surface area contributed by atoms with E-state index in [4.69, 9.17) is 11.6 Å². The van der Waals surface area contributed by atoms with E-state index >= 15 is 0 Å². The van der Waals surface area contributed by atoms with Gasteiger partial charge in [-0.25, -0.2) is 0 Å². The van der Waals surface area contributed by atoms with Crippen LogP contribution in [0.4, 0.5) is 5.82 Å². The lowest BCUT2D eigenvalue weighted by Crippen LogP contribution is -2.20. The minimum absolute atomic E-state index is 0.0686. The molecule has 20 heavy (non-hydrogen) atoms. The molecule has 0 spiro atoms. The Balaban J connectivity index is 2.36. The quantitative estimate of drug-likeness (QED) is 0.875. The van der Waals surface area contributed by atoms with E-state index in [1.807, 2.05) is 55.7 Å². The summed E-state index contributed by atoms with van der Waals surface area (Å²) in [6, 6.07) is 11.7. The lowest BCUT2D eigenvalue weighted by Gasteiger charge is -2.22. The van der Waals surface area contributed by atoms with Crippen molar-refractivity contribution in [3.05, 3.63) is 57.6 Å². The molecule has 0 aliphatic rings. The van der Waals surface area contributed by atoms with Crippen molar-refractivity contribution in [3.63, 3.8) is 0 Å². The van der Waals surface area contributed by atoms with Gasteiger partial charge in [0.2, 0.25) is 5.28 Å². The van der Waals surface area contributed by atoms with Gasteiger partial charge < -0.3 is 9.88 Å². The lowest BCUT2D eigenvalue weighted by molar-refractivity contribution is 0.586. The molecule has 1 atom stereocenters. The van der Waals surface area contributed by atoms with Gasteiger partial charge in [-0.2, -0.15) is 4.98 Å². The molecule has 1 N–H and O–H groups in total. The molecule has 0 aliphatic heterocycles. The Bertz CT molecular complexity index is 637. The molecular weight excluding hydrogens is 274 g/mol. The topological polar surface area (TPSA) is 46.9 Å². The van der Waals surface area contributed by atoms with Gasteiger partial charge in [0.05, 0.1) is 0 Å². The highest BCUT2D eigenvalue weighted by Gasteiger charge is 2.13. The van der Waals surface area contributed by atoms with Crippen LogP contribution < -0.4 is 10.9 Å². The summed E-state index contributed by atoms with van der Waals surface area (Å²) >= 11 is 6.07. The average molecular weight is 292 g/mol. The molecular formula is C15H18ClN3O. The van der Waals surface area contributed by atoms with Gasteiger partial charge in [0.1, 0.15) is 5.82 Å². The molecule has 2 aromatic rings. The second-order valence-electron chi connectivity index (χ2n) is 4.99. The van der Waals surface area contributed by atoms with Gasteiger partial charge in [-0.05, 0) is 37.9 Å². The third kappa shape index (κ3) is 3.20. The highest BCUT2D eigenvalue weighted by Crippen LogP contribution is 2.23. The molecule has 0 unspecified atom stereocenters. The molecule has 1 aromatic carbocycles. The van der Waals surface area contributed by atoms with Crippen LogP contribution >= 0.6 is 11.6 Å². The van der Waals surface area contributed by atoms with Crippen molar-refractivity contribution in [1.82, 2.24) is 9.55 Å². The monoisotopic (exact) mass is 291 g/mol. The molecule has 106 valence electrons. The number of nitrogens with zero attached hydrogens (tertiary/aromatic N) is 2. The number of hydrogen-bond donors (Lipinski definition) is 1. The summed E-state index contributed by atoms with van der Waals surface area (Å²) in [5, 5.41) is 3.53. The second kappa shape index (κ2) is 6.09. The number of benzene rings is 1. The third-order valence-electron chi connectivity index (χ3n) is 3.10. The first kappa shape index (κ1) is 14.6. The second-order valence-corrected chi connectivity index (χ2v) is 5.33.